The number of nitrogens with zero attached hydrogens (tertiary/aromatic N) is 2. The van der Waals surface area contributed by atoms with Crippen molar-refractivity contribution >= 4 is 22.6 Å². The molecule has 1 aliphatic rings. The van der Waals surface area contributed by atoms with Crippen molar-refractivity contribution in [2.45, 2.75) is 25.4 Å². The molecule has 1 aromatic carbocycles. The van der Waals surface area contributed by atoms with Crippen molar-refractivity contribution in [1.29, 1.82) is 0 Å². The first kappa shape index (κ1) is 16.5. The molecule has 134 valence electrons. The van der Waals surface area contributed by atoms with Gasteiger partial charge in [0.15, 0.2) is 0 Å². The smallest absolute Gasteiger partial charge is 0.251 e. The third kappa shape index (κ3) is 3.52. The lowest BCUT2D eigenvalue weighted by molar-refractivity contribution is 0.0620. The Morgan fingerprint density at radius 2 is 2.19 bits per heavy atom. The number of aryl methyl sites for hydroxylation is 1. The Labute approximate surface area is 151 Å². The van der Waals surface area contributed by atoms with Crippen LogP contribution < -0.4 is 10.6 Å². The highest BCUT2D eigenvalue weighted by molar-refractivity contribution is 5.98. The van der Waals surface area contributed by atoms with E-state index in [0.29, 0.717) is 24.6 Å². The van der Waals surface area contributed by atoms with Gasteiger partial charge in [0.05, 0.1) is 18.7 Å². The highest BCUT2D eigenvalue weighted by Crippen LogP contribution is 2.17. The fourth-order valence-electron chi connectivity index (χ4n) is 3.22. The summed E-state index contributed by atoms with van der Waals surface area (Å²) in [6.07, 6.45) is 4.33. The first-order valence-electron chi connectivity index (χ1n) is 8.71. The summed E-state index contributed by atoms with van der Waals surface area (Å²) in [6.45, 7) is 2.99. The number of aromatic amines is 1. The molecule has 1 saturated heterocycles. The monoisotopic (exact) mass is 351 g/mol. The lowest BCUT2D eigenvalue weighted by Crippen LogP contribution is -2.52. The number of benzene rings is 1. The summed E-state index contributed by atoms with van der Waals surface area (Å²) >= 11 is 0. The predicted octanol–water partition coefficient (Wildman–Crippen LogP) is 2.27. The third-order valence-electron chi connectivity index (χ3n) is 4.60. The zero-order valence-electron chi connectivity index (χ0n) is 14.5. The van der Waals surface area contributed by atoms with Crippen LogP contribution in [0.25, 0.3) is 10.9 Å². The van der Waals surface area contributed by atoms with Gasteiger partial charge in [0.1, 0.15) is 11.6 Å². The van der Waals surface area contributed by atoms with Crippen LogP contribution in [0.5, 0.6) is 0 Å². The topological polar surface area (TPSA) is 91.9 Å². The lowest BCUT2D eigenvalue weighted by Gasteiger charge is -2.33. The molecule has 4 rings (SSSR count). The minimum absolute atomic E-state index is 0.0362. The summed E-state index contributed by atoms with van der Waals surface area (Å²) in [7, 11) is 0. The van der Waals surface area contributed by atoms with Crippen molar-refractivity contribution in [3.05, 3.63) is 54.1 Å². The first-order chi connectivity index (χ1) is 12.7. The van der Waals surface area contributed by atoms with Crippen molar-refractivity contribution < 1.29 is 9.53 Å². The first-order valence-corrected chi connectivity index (χ1v) is 8.71. The zero-order chi connectivity index (χ0) is 17.9. The highest BCUT2D eigenvalue weighted by atomic mass is 16.5. The maximum absolute atomic E-state index is 12.7. The van der Waals surface area contributed by atoms with E-state index in [1.807, 2.05) is 43.5 Å². The van der Waals surface area contributed by atoms with Crippen LogP contribution >= 0.6 is 0 Å². The molecule has 26 heavy (non-hydrogen) atoms. The fourth-order valence-corrected chi connectivity index (χ4v) is 3.22. The SMILES string of the molecule is Cc1nccc(N[C@@H]2COCC[C@@H]2NC(=O)c2ccc3cc[nH]c3c2)n1. The van der Waals surface area contributed by atoms with E-state index in [-0.39, 0.29) is 18.0 Å². The van der Waals surface area contributed by atoms with Gasteiger partial charge in [0, 0.05) is 30.1 Å². The Balaban J connectivity index is 1.48. The number of aromatic nitrogens is 3. The van der Waals surface area contributed by atoms with Crippen LogP contribution in [0.4, 0.5) is 5.82 Å². The molecule has 3 N–H and O–H groups in total. The number of anilines is 1. The molecule has 1 aliphatic heterocycles. The van der Waals surface area contributed by atoms with Crippen LogP contribution in [-0.4, -0.2) is 46.2 Å². The van der Waals surface area contributed by atoms with E-state index in [2.05, 4.69) is 25.6 Å². The number of fused-ring (bicyclic) bond motifs is 1. The van der Waals surface area contributed by atoms with Gasteiger partial charge in [0.2, 0.25) is 0 Å². The van der Waals surface area contributed by atoms with E-state index in [1.54, 1.807) is 6.20 Å². The van der Waals surface area contributed by atoms with Gasteiger partial charge in [0.25, 0.3) is 5.91 Å². The fraction of sp³-hybridized carbons (Fsp3) is 0.316. The molecule has 0 unspecified atom stereocenters. The Bertz CT molecular complexity index is 923. The second kappa shape index (κ2) is 7.13. The van der Waals surface area contributed by atoms with Crippen LogP contribution in [0.2, 0.25) is 0 Å². The number of hydrogen-bond acceptors (Lipinski definition) is 5. The summed E-state index contributed by atoms with van der Waals surface area (Å²) < 4.78 is 5.59. The standard InChI is InChI=1S/C19H21N5O2/c1-12-20-8-5-18(22-12)23-17-11-26-9-6-15(17)24-19(25)14-3-2-13-4-7-21-16(13)10-14/h2-5,7-8,10,15,17,21H,6,9,11H2,1H3,(H,24,25)(H,20,22,23)/t15-,17+/m0/s1. The van der Waals surface area contributed by atoms with Gasteiger partial charge in [-0.2, -0.15) is 0 Å². The Hall–Kier alpha value is -2.93. The molecule has 0 spiro atoms. The summed E-state index contributed by atoms with van der Waals surface area (Å²) in [5, 5.41) is 7.58. The minimum Gasteiger partial charge on any atom is -0.379 e. The second-order valence-electron chi connectivity index (χ2n) is 6.46. The number of amides is 1. The molecule has 2 aromatic heterocycles. The van der Waals surface area contributed by atoms with Crippen LogP contribution in [0.1, 0.15) is 22.6 Å². The third-order valence-corrected chi connectivity index (χ3v) is 4.60. The molecule has 1 amide bonds. The van der Waals surface area contributed by atoms with Crippen molar-refractivity contribution in [3.63, 3.8) is 0 Å². The van der Waals surface area contributed by atoms with E-state index >= 15 is 0 Å². The number of rotatable bonds is 4. The van der Waals surface area contributed by atoms with Crippen molar-refractivity contribution in [2.75, 3.05) is 18.5 Å². The molecule has 7 nitrogen and oxygen atoms in total. The molecule has 7 heteroatoms. The van der Waals surface area contributed by atoms with Gasteiger partial charge in [-0.1, -0.05) is 6.07 Å². The summed E-state index contributed by atoms with van der Waals surface area (Å²) in [4.78, 5) is 24.3. The average molecular weight is 351 g/mol. The van der Waals surface area contributed by atoms with E-state index in [1.165, 1.54) is 0 Å². The maximum Gasteiger partial charge on any atom is 0.251 e. The second-order valence-corrected chi connectivity index (χ2v) is 6.46. The molecule has 0 saturated carbocycles. The summed E-state index contributed by atoms with van der Waals surface area (Å²) in [5.74, 6) is 1.35. The lowest BCUT2D eigenvalue weighted by atomic mass is 10.0. The largest absolute Gasteiger partial charge is 0.379 e. The highest BCUT2D eigenvalue weighted by Gasteiger charge is 2.28. The van der Waals surface area contributed by atoms with Crippen molar-refractivity contribution in [3.8, 4) is 0 Å². The zero-order valence-corrected chi connectivity index (χ0v) is 14.5. The van der Waals surface area contributed by atoms with Gasteiger partial charge in [-0.25, -0.2) is 9.97 Å². The Kier molecular flexibility index (Phi) is 4.53. The molecule has 3 aromatic rings. The van der Waals surface area contributed by atoms with Crippen molar-refractivity contribution in [2.24, 2.45) is 0 Å². The van der Waals surface area contributed by atoms with Crippen LogP contribution in [0, 0.1) is 6.92 Å². The van der Waals surface area contributed by atoms with Gasteiger partial charge in [-0.15, -0.1) is 0 Å². The number of nitrogens with one attached hydrogen (secondary N) is 3. The quantitative estimate of drug-likeness (QED) is 0.671. The van der Waals surface area contributed by atoms with Crippen LogP contribution in [-0.2, 0) is 4.74 Å². The number of H-pyrrole nitrogens is 1. The number of hydrogen-bond donors (Lipinski definition) is 3. The number of carbonyl (C=O) groups excluding carboxylic acids is 1. The maximum atomic E-state index is 12.7. The average Bonchev–Trinajstić information content (AvgIpc) is 3.11. The van der Waals surface area contributed by atoms with Gasteiger partial charge < -0.3 is 20.4 Å². The van der Waals surface area contributed by atoms with Crippen LogP contribution in [0.15, 0.2) is 42.7 Å². The van der Waals surface area contributed by atoms with E-state index in [0.717, 1.165) is 23.1 Å². The number of ether oxygens (including phenoxy) is 1. The van der Waals surface area contributed by atoms with Gasteiger partial charge in [-0.05, 0) is 43.0 Å². The summed E-state index contributed by atoms with van der Waals surface area (Å²) in [5.41, 5.74) is 1.60. The molecular formula is C19H21N5O2. The van der Waals surface area contributed by atoms with Crippen LogP contribution in [0.3, 0.4) is 0 Å². The molecule has 0 aliphatic carbocycles. The van der Waals surface area contributed by atoms with Gasteiger partial charge >= 0.3 is 0 Å². The Morgan fingerprint density at radius 3 is 3.08 bits per heavy atom. The van der Waals surface area contributed by atoms with Gasteiger partial charge in [-0.3, -0.25) is 4.79 Å². The molecule has 2 atom stereocenters. The molecule has 0 bridgehead atoms. The van der Waals surface area contributed by atoms with E-state index in [9.17, 15) is 4.79 Å². The minimum atomic E-state index is -0.0842. The summed E-state index contributed by atoms with van der Waals surface area (Å²) in [6, 6.07) is 9.39. The van der Waals surface area contributed by atoms with Crippen molar-refractivity contribution in [1.82, 2.24) is 20.3 Å². The molecular weight excluding hydrogens is 330 g/mol. The number of carbonyl (C=O) groups is 1. The Morgan fingerprint density at radius 1 is 1.27 bits per heavy atom. The predicted molar refractivity (Wildman–Crippen MR) is 99.2 cm³/mol. The molecule has 1 fully saturated rings. The normalized spacial score (nSPS) is 20.0. The van der Waals surface area contributed by atoms with E-state index < -0.39 is 0 Å². The van der Waals surface area contributed by atoms with E-state index in [4.69, 9.17) is 4.74 Å². The molecule has 3 heterocycles. The molecule has 0 radical (unpaired) electrons.